The minimum atomic E-state index is -3.84. The first-order valence-electron chi connectivity index (χ1n) is 9.19. The van der Waals surface area contributed by atoms with Gasteiger partial charge in [-0.15, -0.1) is 0 Å². The summed E-state index contributed by atoms with van der Waals surface area (Å²) in [5.74, 6) is -0.564. The average molecular weight is 434 g/mol. The number of nitro groups is 1. The van der Waals surface area contributed by atoms with E-state index in [2.05, 4.69) is 10.2 Å². The molecule has 0 radical (unpaired) electrons. The van der Waals surface area contributed by atoms with Crippen LogP contribution in [0.25, 0.3) is 0 Å². The molecule has 1 N–H and O–H groups in total. The van der Waals surface area contributed by atoms with Crippen LogP contribution >= 0.6 is 0 Å². The second-order valence-corrected chi connectivity index (χ2v) is 8.65. The number of nitro benzene ring substituents is 1. The maximum absolute atomic E-state index is 12.5. The molecule has 0 aromatic heterocycles. The van der Waals surface area contributed by atoms with Gasteiger partial charge in [-0.3, -0.25) is 19.2 Å². The molecule has 2 aromatic rings. The van der Waals surface area contributed by atoms with Crippen LogP contribution in [0.3, 0.4) is 0 Å². The second-order valence-electron chi connectivity index (χ2n) is 6.74. The lowest BCUT2D eigenvalue weighted by Crippen LogP contribution is -2.37. The molecule has 1 fully saturated rings. The SMILES string of the molecule is CS(=O)(=O)N(CC(=O)Nc1ccc(N2CCOCC2)cc1)c1cccc([N+](=O)[O-])c1. The number of amides is 1. The van der Waals surface area contributed by atoms with Crippen molar-refractivity contribution in [2.24, 2.45) is 0 Å². The van der Waals surface area contributed by atoms with Crippen LogP contribution in [0.2, 0.25) is 0 Å². The van der Waals surface area contributed by atoms with E-state index in [1.54, 1.807) is 12.1 Å². The monoisotopic (exact) mass is 434 g/mol. The molecule has 11 heteroatoms. The van der Waals surface area contributed by atoms with Gasteiger partial charge in [-0.25, -0.2) is 8.42 Å². The van der Waals surface area contributed by atoms with Gasteiger partial charge in [0, 0.05) is 36.6 Å². The van der Waals surface area contributed by atoms with E-state index in [0.717, 1.165) is 35.4 Å². The van der Waals surface area contributed by atoms with Crippen molar-refractivity contribution in [2.45, 2.75) is 0 Å². The lowest BCUT2D eigenvalue weighted by atomic mass is 10.2. The summed E-state index contributed by atoms with van der Waals surface area (Å²) in [4.78, 5) is 25.0. The maximum Gasteiger partial charge on any atom is 0.271 e. The molecular formula is C19H22N4O6S. The zero-order chi connectivity index (χ0) is 21.7. The number of carbonyl (C=O) groups excluding carboxylic acids is 1. The fraction of sp³-hybridized carbons (Fsp3) is 0.316. The molecule has 0 spiro atoms. The Morgan fingerprint density at radius 3 is 2.47 bits per heavy atom. The summed E-state index contributed by atoms with van der Waals surface area (Å²) in [6, 6.07) is 12.4. The van der Waals surface area contributed by atoms with E-state index >= 15 is 0 Å². The van der Waals surface area contributed by atoms with Crippen molar-refractivity contribution in [3.05, 3.63) is 58.6 Å². The molecule has 1 saturated heterocycles. The molecule has 1 heterocycles. The standard InChI is InChI=1S/C19H22N4O6S/c1-30(27,28)22(17-3-2-4-18(13-17)23(25)26)14-19(24)20-15-5-7-16(8-6-15)21-9-11-29-12-10-21/h2-8,13H,9-12,14H2,1H3,(H,20,24). The van der Waals surface area contributed by atoms with E-state index in [1.807, 2.05) is 12.1 Å². The van der Waals surface area contributed by atoms with Gasteiger partial charge in [0.2, 0.25) is 15.9 Å². The number of morpholine rings is 1. The number of non-ortho nitro benzene ring substituents is 1. The van der Waals surface area contributed by atoms with E-state index < -0.39 is 27.4 Å². The number of hydrogen-bond acceptors (Lipinski definition) is 7. The number of benzene rings is 2. The van der Waals surface area contributed by atoms with Crippen LogP contribution in [0, 0.1) is 10.1 Å². The highest BCUT2D eigenvalue weighted by Gasteiger charge is 2.22. The number of hydrogen-bond donors (Lipinski definition) is 1. The number of nitrogens with one attached hydrogen (secondary N) is 1. The molecule has 0 atom stereocenters. The van der Waals surface area contributed by atoms with Crippen molar-refractivity contribution < 1.29 is 22.9 Å². The summed E-state index contributed by atoms with van der Waals surface area (Å²) in [5, 5.41) is 13.6. The third-order valence-corrected chi connectivity index (χ3v) is 5.68. The van der Waals surface area contributed by atoms with Crippen molar-refractivity contribution in [2.75, 3.05) is 53.6 Å². The Morgan fingerprint density at radius 1 is 1.20 bits per heavy atom. The molecule has 1 aliphatic rings. The van der Waals surface area contributed by atoms with Crippen LogP contribution in [0.1, 0.15) is 0 Å². The van der Waals surface area contributed by atoms with Crippen molar-refractivity contribution in [1.29, 1.82) is 0 Å². The smallest absolute Gasteiger partial charge is 0.271 e. The molecule has 10 nitrogen and oxygen atoms in total. The first kappa shape index (κ1) is 21.5. The van der Waals surface area contributed by atoms with Gasteiger partial charge in [-0.2, -0.15) is 0 Å². The summed E-state index contributed by atoms with van der Waals surface area (Å²) >= 11 is 0. The van der Waals surface area contributed by atoms with E-state index in [9.17, 15) is 23.3 Å². The van der Waals surface area contributed by atoms with Crippen LogP contribution in [0.4, 0.5) is 22.7 Å². The molecule has 1 aliphatic heterocycles. The maximum atomic E-state index is 12.5. The van der Waals surface area contributed by atoms with Gasteiger partial charge in [0.1, 0.15) is 6.54 Å². The van der Waals surface area contributed by atoms with Crippen molar-refractivity contribution in [1.82, 2.24) is 0 Å². The molecule has 160 valence electrons. The van der Waals surface area contributed by atoms with Gasteiger partial charge in [0.25, 0.3) is 5.69 Å². The first-order valence-corrected chi connectivity index (χ1v) is 11.0. The highest BCUT2D eigenvalue weighted by atomic mass is 32.2. The topological polar surface area (TPSA) is 122 Å². The Labute approximate surface area is 174 Å². The summed E-state index contributed by atoms with van der Waals surface area (Å²) in [7, 11) is -3.84. The first-order chi connectivity index (χ1) is 14.2. The minimum absolute atomic E-state index is 0.0458. The normalized spacial score (nSPS) is 14.2. The average Bonchev–Trinajstić information content (AvgIpc) is 2.72. The van der Waals surface area contributed by atoms with E-state index in [1.165, 1.54) is 18.2 Å². The van der Waals surface area contributed by atoms with Gasteiger partial charge in [-0.05, 0) is 30.3 Å². The molecule has 30 heavy (non-hydrogen) atoms. The van der Waals surface area contributed by atoms with Gasteiger partial charge in [0.15, 0.2) is 0 Å². The highest BCUT2D eigenvalue weighted by molar-refractivity contribution is 7.92. The lowest BCUT2D eigenvalue weighted by Gasteiger charge is -2.29. The van der Waals surface area contributed by atoms with Crippen molar-refractivity contribution in [3.8, 4) is 0 Å². The van der Waals surface area contributed by atoms with Crippen LogP contribution in [0.15, 0.2) is 48.5 Å². The molecule has 1 amide bonds. The van der Waals surface area contributed by atoms with Crippen molar-refractivity contribution >= 4 is 38.7 Å². The number of carbonyl (C=O) groups is 1. The third kappa shape index (κ3) is 5.45. The van der Waals surface area contributed by atoms with Crippen molar-refractivity contribution in [3.63, 3.8) is 0 Å². The molecule has 0 unspecified atom stereocenters. The lowest BCUT2D eigenvalue weighted by molar-refractivity contribution is -0.384. The summed E-state index contributed by atoms with van der Waals surface area (Å²) in [6.07, 6.45) is 0.941. The zero-order valence-electron chi connectivity index (χ0n) is 16.4. The minimum Gasteiger partial charge on any atom is -0.378 e. The van der Waals surface area contributed by atoms with Crippen LogP contribution in [-0.4, -0.2) is 58.4 Å². The Hall–Kier alpha value is -3.18. The number of sulfonamides is 1. The predicted octanol–water partition coefficient (Wildman–Crippen LogP) is 1.84. The number of nitrogens with zero attached hydrogens (tertiary/aromatic N) is 3. The molecule has 0 aliphatic carbocycles. The summed E-state index contributed by atoms with van der Waals surface area (Å²) in [5.41, 5.74) is 1.31. The van der Waals surface area contributed by atoms with Gasteiger partial charge in [0.05, 0.1) is 30.1 Å². The quantitative estimate of drug-likeness (QED) is 0.521. The molecule has 0 bridgehead atoms. The van der Waals surface area contributed by atoms with Crippen LogP contribution in [-0.2, 0) is 19.6 Å². The van der Waals surface area contributed by atoms with Gasteiger partial charge >= 0.3 is 0 Å². The van der Waals surface area contributed by atoms with E-state index in [4.69, 9.17) is 4.74 Å². The summed E-state index contributed by atoms with van der Waals surface area (Å²) in [6.45, 7) is 2.40. The number of rotatable bonds is 7. The molecule has 2 aromatic carbocycles. The Balaban J connectivity index is 1.70. The van der Waals surface area contributed by atoms with E-state index in [-0.39, 0.29) is 11.4 Å². The largest absolute Gasteiger partial charge is 0.378 e. The Bertz CT molecular complexity index is 1020. The fourth-order valence-corrected chi connectivity index (χ4v) is 3.92. The Morgan fingerprint density at radius 2 is 1.87 bits per heavy atom. The van der Waals surface area contributed by atoms with E-state index in [0.29, 0.717) is 18.9 Å². The van der Waals surface area contributed by atoms with Crippen LogP contribution in [0.5, 0.6) is 0 Å². The number of ether oxygens (including phenoxy) is 1. The number of anilines is 3. The Kier molecular flexibility index (Phi) is 6.53. The molecular weight excluding hydrogens is 412 g/mol. The third-order valence-electron chi connectivity index (χ3n) is 4.54. The molecule has 3 rings (SSSR count). The zero-order valence-corrected chi connectivity index (χ0v) is 17.2. The van der Waals surface area contributed by atoms with Crippen LogP contribution < -0.4 is 14.5 Å². The predicted molar refractivity (Wildman–Crippen MR) is 113 cm³/mol. The fourth-order valence-electron chi connectivity index (χ4n) is 3.07. The van der Waals surface area contributed by atoms with Gasteiger partial charge in [-0.1, -0.05) is 6.07 Å². The molecule has 0 saturated carbocycles. The second kappa shape index (κ2) is 9.09. The van der Waals surface area contributed by atoms with Gasteiger partial charge < -0.3 is 15.0 Å². The summed E-state index contributed by atoms with van der Waals surface area (Å²) < 4.78 is 30.5. The highest BCUT2D eigenvalue weighted by Crippen LogP contribution is 2.23.